The fourth-order valence-electron chi connectivity index (χ4n) is 1.95. The number of hydrogen-bond acceptors (Lipinski definition) is 2. The minimum atomic E-state index is -0.152. The third-order valence-corrected chi connectivity index (χ3v) is 3.88. The molecule has 3 nitrogen and oxygen atoms in total. The van der Waals surface area contributed by atoms with Crippen LogP contribution < -0.4 is 10.2 Å². The standard InChI is InChI=1S/C18H19BrN2O/c1-13-4-10-17(16(19)12-13)20-18(22)11-7-14-5-8-15(9-6-14)21(2)3/h4-12H,1-3H3,(H,20,22)/b11-7+. The van der Waals surface area contributed by atoms with Crippen LogP contribution in [-0.4, -0.2) is 20.0 Å². The molecule has 0 saturated heterocycles. The van der Waals surface area contributed by atoms with Crippen molar-refractivity contribution in [2.45, 2.75) is 6.92 Å². The van der Waals surface area contributed by atoms with Crippen molar-refractivity contribution in [1.29, 1.82) is 0 Å². The van der Waals surface area contributed by atoms with Crippen LogP contribution in [0.3, 0.4) is 0 Å². The molecule has 2 aromatic carbocycles. The van der Waals surface area contributed by atoms with Gasteiger partial charge in [0.2, 0.25) is 5.91 Å². The molecule has 0 heterocycles. The van der Waals surface area contributed by atoms with Gasteiger partial charge in [-0.25, -0.2) is 0 Å². The van der Waals surface area contributed by atoms with E-state index in [0.29, 0.717) is 0 Å². The number of carbonyl (C=O) groups excluding carboxylic acids is 1. The summed E-state index contributed by atoms with van der Waals surface area (Å²) in [6.45, 7) is 2.01. The molecule has 1 N–H and O–H groups in total. The number of aryl methyl sites for hydroxylation is 1. The Balaban J connectivity index is 2.01. The summed E-state index contributed by atoms with van der Waals surface area (Å²) in [6, 6.07) is 13.8. The van der Waals surface area contributed by atoms with Crippen LogP contribution in [0.1, 0.15) is 11.1 Å². The molecule has 0 aromatic heterocycles. The molecule has 2 rings (SSSR count). The molecule has 0 aliphatic heterocycles. The van der Waals surface area contributed by atoms with E-state index in [1.807, 2.05) is 68.4 Å². The first-order valence-electron chi connectivity index (χ1n) is 6.98. The minimum absolute atomic E-state index is 0.152. The molecule has 0 aliphatic rings. The van der Waals surface area contributed by atoms with Gasteiger partial charge >= 0.3 is 0 Å². The number of halogens is 1. The van der Waals surface area contributed by atoms with E-state index in [-0.39, 0.29) is 5.91 Å². The Kier molecular flexibility index (Phi) is 5.39. The molecule has 0 bridgehead atoms. The second-order valence-electron chi connectivity index (χ2n) is 5.29. The van der Waals surface area contributed by atoms with Gasteiger partial charge in [-0.05, 0) is 64.3 Å². The first-order valence-corrected chi connectivity index (χ1v) is 7.77. The Bertz CT molecular complexity index is 691. The van der Waals surface area contributed by atoms with E-state index in [4.69, 9.17) is 0 Å². The van der Waals surface area contributed by atoms with E-state index in [0.717, 1.165) is 27.0 Å². The Morgan fingerprint density at radius 3 is 2.41 bits per heavy atom. The van der Waals surface area contributed by atoms with Crippen molar-refractivity contribution in [3.8, 4) is 0 Å². The van der Waals surface area contributed by atoms with Crippen molar-refractivity contribution >= 4 is 39.3 Å². The number of amides is 1. The van der Waals surface area contributed by atoms with Crippen molar-refractivity contribution in [3.05, 3.63) is 64.1 Å². The molecule has 0 spiro atoms. The van der Waals surface area contributed by atoms with Crippen LogP contribution in [0.25, 0.3) is 6.08 Å². The molecule has 1 amide bonds. The van der Waals surface area contributed by atoms with Crippen LogP contribution in [0.5, 0.6) is 0 Å². The highest BCUT2D eigenvalue weighted by Gasteiger charge is 2.02. The number of anilines is 2. The topological polar surface area (TPSA) is 32.3 Å². The van der Waals surface area contributed by atoms with Gasteiger partial charge in [0.1, 0.15) is 0 Å². The summed E-state index contributed by atoms with van der Waals surface area (Å²) in [4.78, 5) is 14.0. The zero-order valence-corrected chi connectivity index (χ0v) is 14.5. The average Bonchev–Trinajstić information content (AvgIpc) is 2.48. The van der Waals surface area contributed by atoms with Gasteiger partial charge in [-0.1, -0.05) is 18.2 Å². The van der Waals surface area contributed by atoms with Crippen molar-refractivity contribution < 1.29 is 4.79 Å². The van der Waals surface area contributed by atoms with Gasteiger partial charge in [-0.15, -0.1) is 0 Å². The maximum atomic E-state index is 12.0. The van der Waals surface area contributed by atoms with Crippen molar-refractivity contribution in [3.63, 3.8) is 0 Å². The van der Waals surface area contributed by atoms with Gasteiger partial charge in [0.15, 0.2) is 0 Å². The van der Waals surface area contributed by atoms with Crippen LogP contribution in [0, 0.1) is 6.92 Å². The lowest BCUT2D eigenvalue weighted by Gasteiger charge is -2.11. The first-order chi connectivity index (χ1) is 10.5. The summed E-state index contributed by atoms with van der Waals surface area (Å²) >= 11 is 3.45. The number of rotatable bonds is 4. The summed E-state index contributed by atoms with van der Waals surface area (Å²) in [7, 11) is 4.00. The number of benzene rings is 2. The SMILES string of the molecule is Cc1ccc(NC(=O)/C=C/c2ccc(N(C)C)cc2)c(Br)c1. The highest BCUT2D eigenvalue weighted by atomic mass is 79.9. The molecule has 0 unspecified atom stereocenters. The largest absolute Gasteiger partial charge is 0.378 e. The fraction of sp³-hybridized carbons (Fsp3) is 0.167. The predicted molar refractivity (Wildman–Crippen MR) is 97.3 cm³/mol. The molecule has 0 saturated carbocycles. The summed E-state index contributed by atoms with van der Waals surface area (Å²) in [6.07, 6.45) is 3.34. The number of nitrogens with one attached hydrogen (secondary N) is 1. The molecule has 114 valence electrons. The molecular weight excluding hydrogens is 340 g/mol. The predicted octanol–water partition coefficient (Wildman–Crippen LogP) is 4.48. The van der Waals surface area contributed by atoms with Crippen LogP contribution in [0.4, 0.5) is 11.4 Å². The van der Waals surface area contributed by atoms with Gasteiger partial charge in [-0.3, -0.25) is 4.79 Å². The number of carbonyl (C=O) groups is 1. The molecule has 0 radical (unpaired) electrons. The third-order valence-electron chi connectivity index (χ3n) is 3.22. The lowest BCUT2D eigenvalue weighted by atomic mass is 10.2. The smallest absolute Gasteiger partial charge is 0.248 e. The second kappa shape index (κ2) is 7.27. The van der Waals surface area contributed by atoms with Gasteiger partial charge in [0.05, 0.1) is 5.69 Å². The summed E-state index contributed by atoms with van der Waals surface area (Å²) in [5.41, 5.74) is 4.03. The van der Waals surface area contributed by atoms with E-state index in [2.05, 4.69) is 21.2 Å². The highest BCUT2D eigenvalue weighted by Crippen LogP contribution is 2.23. The monoisotopic (exact) mass is 358 g/mol. The van der Waals surface area contributed by atoms with Crippen LogP contribution in [-0.2, 0) is 4.79 Å². The molecular formula is C18H19BrN2O. The number of hydrogen-bond donors (Lipinski definition) is 1. The van der Waals surface area contributed by atoms with E-state index < -0.39 is 0 Å². The van der Waals surface area contributed by atoms with Crippen LogP contribution >= 0.6 is 15.9 Å². The molecule has 22 heavy (non-hydrogen) atoms. The highest BCUT2D eigenvalue weighted by molar-refractivity contribution is 9.10. The molecule has 0 atom stereocenters. The van der Waals surface area contributed by atoms with Gasteiger partial charge in [0.25, 0.3) is 0 Å². The Morgan fingerprint density at radius 1 is 1.14 bits per heavy atom. The van der Waals surface area contributed by atoms with E-state index in [1.54, 1.807) is 6.08 Å². The third kappa shape index (κ3) is 4.46. The van der Waals surface area contributed by atoms with Gasteiger partial charge in [-0.2, -0.15) is 0 Å². The first kappa shape index (κ1) is 16.3. The average molecular weight is 359 g/mol. The summed E-state index contributed by atoms with van der Waals surface area (Å²) in [5, 5.41) is 2.86. The molecule has 0 aliphatic carbocycles. The molecule has 0 fully saturated rings. The lowest BCUT2D eigenvalue weighted by molar-refractivity contribution is -0.111. The lowest BCUT2D eigenvalue weighted by Crippen LogP contribution is -2.08. The normalized spacial score (nSPS) is 10.7. The van der Waals surface area contributed by atoms with Crippen molar-refractivity contribution in [2.24, 2.45) is 0 Å². The van der Waals surface area contributed by atoms with Gasteiger partial charge < -0.3 is 10.2 Å². The maximum absolute atomic E-state index is 12.0. The fourth-order valence-corrected chi connectivity index (χ4v) is 2.54. The Labute approximate surface area is 139 Å². The summed E-state index contributed by atoms with van der Waals surface area (Å²) < 4.78 is 0.879. The van der Waals surface area contributed by atoms with E-state index >= 15 is 0 Å². The van der Waals surface area contributed by atoms with Gasteiger partial charge in [0, 0.05) is 30.3 Å². The molecule has 4 heteroatoms. The Morgan fingerprint density at radius 2 is 1.82 bits per heavy atom. The Hall–Kier alpha value is -2.07. The van der Waals surface area contributed by atoms with Crippen molar-refractivity contribution in [2.75, 3.05) is 24.3 Å². The minimum Gasteiger partial charge on any atom is -0.378 e. The van der Waals surface area contributed by atoms with Crippen molar-refractivity contribution in [1.82, 2.24) is 0 Å². The van der Waals surface area contributed by atoms with E-state index in [1.165, 1.54) is 6.08 Å². The second-order valence-corrected chi connectivity index (χ2v) is 6.15. The number of nitrogens with zero attached hydrogens (tertiary/aromatic N) is 1. The zero-order valence-electron chi connectivity index (χ0n) is 12.9. The van der Waals surface area contributed by atoms with Crippen LogP contribution in [0.2, 0.25) is 0 Å². The maximum Gasteiger partial charge on any atom is 0.248 e. The summed E-state index contributed by atoms with van der Waals surface area (Å²) in [5.74, 6) is -0.152. The zero-order chi connectivity index (χ0) is 16.1. The van der Waals surface area contributed by atoms with Crippen LogP contribution in [0.15, 0.2) is 53.0 Å². The molecule has 2 aromatic rings. The quantitative estimate of drug-likeness (QED) is 0.817. The van der Waals surface area contributed by atoms with E-state index in [9.17, 15) is 4.79 Å².